The van der Waals surface area contributed by atoms with Crippen molar-refractivity contribution in [2.45, 2.75) is 25.7 Å². The summed E-state index contributed by atoms with van der Waals surface area (Å²) in [6, 6.07) is 7.94. The van der Waals surface area contributed by atoms with Crippen molar-refractivity contribution in [2.75, 3.05) is 31.2 Å². The van der Waals surface area contributed by atoms with E-state index in [4.69, 9.17) is 14.5 Å². The van der Waals surface area contributed by atoms with E-state index in [0.717, 1.165) is 41.8 Å². The molecule has 0 atom stereocenters. The molecular weight excluding hydrogens is 290 g/mol. The molecule has 2 aliphatic rings. The van der Waals surface area contributed by atoms with E-state index in [1.54, 1.807) is 0 Å². The molecule has 2 aliphatic heterocycles. The molecule has 0 amide bonds. The van der Waals surface area contributed by atoms with Crippen LogP contribution in [0.15, 0.2) is 30.5 Å². The van der Waals surface area contributed by atoms with Crippen LogP contribution in [0.25, 0.3) is 11.3 Å². The van der Waals surface area contributed by atoms with Gasteiger partial charge in [0.15, 0.2) is 11.5 Å². The fraction of sp³-hybridized carbons (Fsp3) is 0.444. The highest BCUT2D eigenvalue weighted by molar-refractivity contribution is 5.65. The summed E-state index contributed by atoms with van der Waals surface area (Å²) in [6.45, 7) is 3.30. The first-order valence-corrected chi connectivity index (χ1v) is 8.38. The van der Waals surface area contributed by atoms with Gasteiger partial charge in [0.05, 0.1) is 5.69 Å². The van der Waals surface area contributed by atoms with Crippen molar-refractivity contribution in [3.8, 4) is 22.8 Å². The molecule has 23 heavy (non-hydrogen) atoms. The van der Waals surface area contributed by atoms with Gasteiger partial charge in [-0.1, -0.05) is 12.8 Å². The predicted octanol–water partition coefficient (Wildman–Crippen LogP) is 3.30. The van der Waals surface area contributed by atoms with E-state index in [1.165, 1.54) is 25.7 Å². The fourth-order valence-corrected chi connectivity index (χ4v) is 3.13. The Kier molecular flexibility index (Phi) is 4.01. The Morgan fingerprint density at radius 2 is 1.65 bits per heavy atom. The molecule has 0 radical (unpaired) electrons. The van der Waals surface area contributed by atoms with E-state index in [1.807, 2.05) is 30.5 Å². The first-order chi connectivity index (χ1) is 11.4. The molecule has 0 bridgehead atoms. The minimum atomic E-state index is 0.596. The van der Waals surface area contributed by atoms with E-state index in [2.05, 4.69) is 9.88 Å². The maximum absolute atomic E-state index is 5.67. The van der Waals surface area contributed by atoms with Crippen molar-refractivity contribution in [1.82, 2.24) is 9.97 Å². The Labute approximate surface area is 136 Å². The summed E-state index contributed by atoms with van der Waals surface area (Å²) in [7, 11) is 0. The predicted molar refractivity (Wildman–Crippen MR) is 89.1 cm³/mol. The quantitative estimate of drug-likeness (QED) is 0.851. The average molecular weight is 311 g/mol. The molecule has 5 nitrogen and oxygen atoms in total. The SMILES string of the molecule is c1cc(-c2ccc3c(c2)OCCO3)nc(N2CCCCCC2)n1. The maximum atomic E-state index is 5.67. The molecule has 3 heterocycles. The van der Waals surface area contributed by atoms with Gasteiger partial charge in [0.2, 0.25) is 5.95 Å². The van der Waals surface area contributed by atoms with E-state index in [0.29, 0.717) is 13.2 Å². The number of rotatable bonds is 2. The lowest BCUT2D eigenvalue weighted by molar-refractivity contribution is 0.171. The van der Waals surface area contributed by atoms with Crippen LogP contribution in [0.5, 0.6) is 11.5 Å². The standard InChI is InChI=1S/C18H21N3O2/c1-2-4-10-21(9-3-1)18-19-8-7-15(20-18)14-5-6-16-17(13-14)23-12-11-22-16/h5-8,13H,1-4,9-12H2. The third-order valence-corrected chi connectivity index (χ3v) is 4.37. The number of benzene rings is 1. The number of anilines is 1. The number of hydrogen-bond donors (Lipinski definition) is 0. The van der Waals surface area contributed by atoms with E-state index in [9.17, 15) is 0 Å². The lowest BCUT2D eigenvalue weighted by Crippen LogP contribution is -2.26. The number of nitrogens with zero attached hydrogens (tertiary/aromatic N) is 3. The van der Waals surface area contributed by atoms with Gasteiger partial charge in [0, 0.05) is 24.8 Å². The van der Waals surface area contributed by atoms with Crippen molar-refractivity contribution in [3.05, 3.63) is 30.5 Å². The van der Waals surface area contributed by atoms with Gasteiger partial charge in [0.1, 0.15) is 13.2 Å². The molecule has 4 rings (SSSR count). The number of aromatic nitrogens is 2. The van der Waals surface area contributed by atoms with Crippen LogP contribution in [0, 0.1) is 0 Å². The first kappa shape index (κ1) is 14.3. The van der Waals surface area contributed by atoms with Crippen LogP contribution in [-0.2, 0) is 0 Å². The molecule has 2 aromatic rings. The zero-order valence-corrected chi connectivity index (χ0v) is 13.2. The minimum Gasteiger partial charge on any atom is -0.486 e. The highest BCUT2D eigenvalue weighted by atomic mass is 16.6. The smallest absolute Gasteiger partial charge is 0.225 e. The second-order valence-electron chi connectivity index (χ2n) is 6.00. The Morgan fingerprint density at radius 3 is 2.48 bits per heavy atom. The molecule has 0 unspecified atom stereocenters. The number of hydrogen-bond acceptors (Lipinski definition) is 5. The molecule has 5 heteroatoms. The topological polar surface area (TPSA) is 47.5 Å². The Hall–Kier alpha value is -2.30. The third-order valence-electron chi connectivity index (χ3n) is 4.37. The van der Waals surface area contributed by atoms with Crippen LogP contribution < -0.4 is 14.4 Å². The van der Waals surface area contributed by atoms with Gasteiger partial charge in [-0.25, -0.2) is 9.97 Å². The van der Waals surface area contributed by atoms with Crippen LogP contribution in [0.1, 0.15) is 25.7 Å². The average Bonchev–Trinajstić information content (AvgIpc) is 2.91. The molecule has 120 valence electrons. The molecule has 0 saturated carbocycles. The first-order valence-electron chi connectivity index (χ1n) is 8.38. The molecular formula is C18H21N3O2. The van der Waals surface area contributed by atoms with E-state index >= 15 is 0 Å². The highest BCUT2D eigenvalue weighted by Gasteiger charge is 2.15. The van der Waals surface area contributed by atoms with Crippen molar-refractivity contribution in [3.63, 3.8) is 0 Å². The summed E-state index contributed by atoms with van der Waals surface area (Å²) < 4.78 is 11.3. The van der Waals surface area contributed by atoms with Crippen LogP contribution >= 0.6 is 0 Å². The number of fused-ring (bicyclic) bond motifs is 1. The number of ether oxygens (including phenoxy) is 2. The van der Waals surface area contributed by atoms with E-state index < -0.39 is 0 Å². The Bertz CT molecular complexity index is 682. The van der Waals surface area contributed by atoms with Gasteiger partial charge in [-0.05, 0) is 37.1 Å². The fourth-order valence-electron chi connectivity index (χ4n) is 3.13. The molecule has 0 spiro atoms. The molecule has 0 N–H and O–H groups in total. The van der Waals surface area contributed by atoms with Crippen LogP contribution in [0.3, 0.4) is 0 Å². The van der Waals surface area contributed by atoms with Gasteiger partial charge >= 0.3 is 0 Å². The zero-order valence-electron chi connectivity index (χ0n) is 13.2. The van der Waals surface area contributed by atoms with Gasteiger partial charge in [-0.2, -0.15) is 0 Å². The molecule has 1 fully saturated rings. The summed E-state index contributed by atoms with van der Waals surface area (Å²) in [6.07, 6.45) is 6.89. The molecule has 0 aliphatic carbocycles. The van der Waals surface area contributed by atoms with Gasteiger partial charge in [0.25, 0.3) is 0 Å². The van der Waals surface area contributed by atoms with Crippen LogP contribution in [-0.4, -0.2) is 36.3 Å². The minimum absolute atomic E-state index is 0.596. The lowest BCUT2D eigenvalue weighted by Gasteiger charge is -2.21. The van der Waals surface area contributed by atoms with Crippen LogP contribution in [0.4, 0.5) is 5.95 Å². The summed E-state index contributed by atoms with van der Waals surface area (Å²) >= 11 is 0. The maximum Gasteiger partial charge on any atom is 0.225 e. The summed E-state index contributed by atoms with van der Waals surface area (Å²) in [5.74, 6) is 2.43. The molecule has 1 saturated heterocycles. The Morgan fingerprint density at radius 1 is 0.870 bits per heavy atom. The normalized spacial score (nSPS) is 17.7. The van der Waals surface area contributed by atoms with Crippen molar-refractivity contribution in [1.29, 1.82) is 0 Å². The third kappa shape index (κ3) is 3.09. The van der Waals surface area contributed by atoms with Gasteiger partial charge in [-0.15, -0.1) is 0 Å². The largest absolute Gasteiger partial charge is 0.486 e. The monoisotopic (exact) mass is 311 g/mol. The summed E-state index contributed by atoms with van der Waals surface area (Å²) in [5, 5.41) is 0. The lowest BCUT2D eigenvalue weighted by atomic mass is 10.1. The zero-order chi connectivity index (χ0) is 15.5. The van der Waals surface area contributed by atoms with Crippen molar-refractivity contribution in [2.24, 2.45) is 0 Å². The van der Waals surface area contributed by atoms with Gasteiger partial charge in [-0.3, -0.25) is 0 Å². The van der Waals surface area contributed by atoms with E-state index in [-0.39, 0.29) is 0 Å². The van der Waals surface area contributed by atoms with Crippen molar-refractivity contribution >= 4 is 5.95 Å². The molecule has 1 aromatic carbocycles. The molecule has 1 aromatic heterocycles. The summed E-state index contributed by atoms with van der Waals surface area (Å²) in [5.41, 5.74) is 1.96. The van der Waals surface area contributed by atoms with Crippen molar-refractivity contribution < 1.29 is 9.47 Å². The van der Waals surface area contributed by atoms with Crippen LogP contribution in [0.2, 0.25) is 0 Å². The summed E-state index contributed by atoms with van der Waals surface area (Å²) in [4.78, 5) is 11.6. The highest BCUT2D eigenvalue weighted by Crippen LogP contribution is 2.34. The Balaban J connectivity index is 1.63. The van der Waals surface area contributed by atoms with Gasteiger partial charge < -0.3 is 14.4 Å². The second kappa shape index (κ2) is 6.44. The second-order valence-corrected chi connectivity index (χ2v) is 6.00.